The van der Waals surface area contributed by atoms with Crippen LogP contribution in [-0.4, -0.2) is 17.6 Å². The summed E-state index contributed by atoms with van der Waals surface area (Å²) in [5, 5.41) is 2.61. The molecule has 2 aromatic carbocycles. The van der Waals surface area contributed by atoms with Gasteiger partial charge in [-0.3, -0.25) is 19.7 Å². The van der Waals surface area contributed by atoms with Gasteiger partial charge < -0.3 is 4.74 Å². The molecular weight excluding hydrogens is 330 g/mol. The molecule has 0 aliphatic carbocycles. The maximum atomic E-state index is 12.2. The zero-order chi connectivity index (χ0) is 17.1. The molecule has 0 unspecified atom stereocenters. The number of ketones is 1. The molecule has 0 saturated carbocycles. The minimum Gasteiger partial charge on any atom is -0.484 e. The maximum absolute atomic E-state index is 12.2. The quantitative estimate of drug-likeness (QED) is 0.685. The lowest BCUT2D eigenvalue weighted by atomic mass is 9.99. The van der Waals surface area contributed by atoms with Crippen molar-refractivity contribution >= 4 is 34.8 Å². The van der Waals surface area contributed by atoms with Crippen LogP contribution in [0.2, 0.25) is 5.02 Å². The van der Waals surface area contributed by atoms with Gasteiger partial charge in [0.1, 0.15) is 6.61 Å². The molecule has 6 heteroatoms. The monoisotopic (exact) mass is 341 g/mol. The summed E-state index contributed by atoms with van der Waals surface area (Å²) in [5.41, 5.74) is 1.31. The average Bonchev–Trinajstić information content (AvgIpc) is 2.59. The maximum Gasteiger partial charge on any atom is 0.302 e. The summed E-state index contributed by atoms with van der Waals surface area (Å²) >= 11 is 5.82. The third kappa shape index (κ3) is 3.21. The highest BCUT2D eigenvalue weighted by Gasteiger charge is 2.35. The van der Waals surface area contributed by atoms with E-state index in [1.807, 2.05) is 5.32 Å². The van der Waals surface area contributed by atoms with Gasteiger partial charge in [-0.2, -0.15) is 0 Å². The van der Waals surface area contributed by atoms with Crippen LogP contribution in [0.15, 0.2) is 60.4 Å². The SMILES string of the molecule is O=C1NC(=O)C(c2ccccc2)=C(OCc2ccc(Cl)cc2)C1=O. The highest BCUT2D eigenvalue weighted by atomic mass is 35.5. The molecule has 0 atom stereocenters. The Hall–Kier alpha value is -2.92. The first-order valence-electron chi connectivity index (χ1n) is 7.13. The Kier molecular flexibility index (Phi) is 4.44. The molecule has 1 N–H and O–H groups in total. The Balaban J connectivity index is 1.97. The Bertz CT molecular complexity index is 841. The second kappa shape index (κ2) is 6.68. The number of carbonyl (C=O) groups is 3. The van der Waals surface area contributed by atoms with Crippen LogP contribution in [0.1, 0.15) is 11.1 Å². The van der Waals surface area contributed by atoms with Gasteiger partial charge in [0.05, 0.1) is 5.57 Å². The van der Waals surface area contributed by atoms with Crippen LogP contribution in [0.5, 0.6) is 0 Å². The molecule has 3 rings (SSSR count). The molecule has 1 aliphatic heterocycles. The first kappa shape index (κ1) is 16.0. The van der Waals surface area contributed by atoms with E-state index in [2.05, 4.69) is 0 Å². The van der Waals surface area contributed by atoms with Crippen molar-refractivity contribution in [2.75, 3.05) is 0 Å². The number of halogens is 1. The average molecular weight is 342 g/mol. The van der Waals surface area contributed by atoms with Gasteiger partial charge in [0.25, 0.3) is 11.7 Å². The molecule has 0 spiro atoms. The van der Waals surface area contributed by atoms with Crippen LogP contribution in [0.25, 0.3) is 5.57 Å². The fourth-order valence-corrected chi connectivity index (χ4v) is 2.41. The van der Waals surface area contributed by atoms with Gasteiger partial charge in [-0.25, -0.2) is 0 Å². The predicted octanol–water partition coefficient (Wildman–Crippen LogP) is 2.49. The van der Waals surface area contributed by atoms with Crippen molar-refractivity contribution in [3.05, 3.63) is 76.5 Å². The number of Topliss-reactive ketones (excluding diaryl/α,β-unsaturated/α-hetero) is 1. The Morgan fingerprint density at radius 2 is 1.54 bits per heavy atom. The Morgan fingerprint density at radius 3 is 2.21 bits per heavy atom. The van der Waals surface area contributed by atoms with E-state index in [9.17, 15) is 14.4 Å². The molecule has 0 fully saturated rings. The van der Waals surface area contributed by atoms with E-state index in [-0.39, 0.29) is 17.9 Å². The van der Waals surface area contributed by atoms with Gasteiger partial charge in [-0.1, -0.05) is 54.1 Å². The van der Waals surface area contributed by atoms with Gasteiger partial charge in [-0.05, 0) is 23.3 Å². The topological polar surface area (TPSA) is 72.5 Å². The van der Waals surface area contributed by atoms with Gasteiger partial charge in [0.2, 0.25) is 0 Å². The van der Waals surface area contributed by atoms with Crippen LogP contribution in [-0.2, 0) is 25.7 Å². The van der Waals surface area contributed by atoms with Crippen LogP contribution in [0.3, 0.4) is 0 Å². The molecule has 0 aromatic heterocycles. The molecule has 0 saturated heterocycles. The summed E-state index contributed by atoms with van der Waals surface area (Å²) in [6, 6.07) is 15.4. The number of amides is 2. The van der Waals surface area contributed by atoms with Crippen LogP contribution in [0.4, 0.5) is 0 Å². The zero-order valence-corrected chi connectivity index (χ0v) is 13.2. The van der Waals surface area contributed by atoms with E-state index < -0.39 is 17.6 Å². The molecule has 0 bridgehead atoms. The summed E-state index contributed by atoms with van der Waals surface area (Å²) in [6.45, 7) is 0.0368. The van der Waals surface area contributed by atoms with E-state index >= 15 is 0 Å². The van der Waals surface area contributed by atoms with Crippen molar-refractivity contribution < 1.29 is 19.1 Å². The largest absolute Gasteiger partial charge is 0.484 e. The number of rotatable bonds is 4. The number of imide groups is 1. The smallest absolute Gasteiger partial charge is 0.302 e. The Morgan fingerprint density at radius 1 is 0.875 bits per heavy atom. The third-order valence-corrected chi connectivity index (χ3v) is 3.70. The normalized spacial score (nSPS) is 14.6. The van der Waals surface area contributed by atoms with Crippen molar-refractivity contribution in [1.82, 2.24) is 5.32 Å². The van der Waals surface area contributed by atoms with Gasteiger partial charge in [0.15, 0.2) is 5.76 Å². The number of hydrogen-bond acceptors (Lipinski definition) is 4. The molecule has 2 amide bonds. The predicted molar refractivity (Wildman–Crippen MR) is 87.8 cm³/mol. The van der Waals surface area contributed by atoms with Crippen molar-refractivity contribution in [1.29, 1.82) is 0 Å². The molecule has 120 valence electrons. The van der Waals surface area contributed by atoms with Crippen LogP contribution in [0, 0.1) is 0 Å². The van der Waals surface area contributed by atoms with Crippen LogP contribution < -0.4 is 5.32 Å². The standard InChI is InChI=1S/C18H12ClNO4/c19-13-8-6-11(7-9-13)10-24-16-14(12-4-2-1-3-5-12)17(22)20-18(23)15(16)21/h1-9H,10H2,(H,20,22,23). The molecular formula is C18H12ClNO4. The number of carbonyl (C=O) groups excluding carboxylic acids is 3. The third-order valence-electron chi connectivity index (χ3n) is 3.45. The number of nitrogens with one attached hydrogen (secondary N) is 1. The van der Waals surface area contributed by atoms with E-state index in [1.54, 1.807) is 54.6 Å². The second-order valence-electron chi connectivity index (χ2n) is 5.10. The van der Waals surface area contributed by atoms with E-state index in [4.69, 9.17) is 16.3 Å². The van der Waals surface area contributed by atoms with Crippen molar-refractivity contribution in [2.45, 2.75) is 6.61 Å². The second-order valence-corrected chi connectivity index (χ2v) is 5.53. The first-order chi connectivity index (χ1) is 11.6. The molecule has 0 radical (unpaired) electrons. The number of benzene rings is 2. The Labute approximate surface area is 142 Å². The number of hydrogen-bond donors (Lipinski definition) is 1. The fourth-order valence-electron chi connectivity index (χ4n) is 2.28. The first-order valence-corrected chi connectivity index (χ1v) is 7.51. The number of ether oxygens (including phenoxy) is 1. The van der Waals surface area contributed by atoms with Crippen LogP contribution >= 0.6 is 11.6 Å². The lowest BCUT2D eigenvalue weighted by Crippen LogP contribution is -2.43. The van der Waals surface area contributed by atoms with Crippen molar-refractivity contribution in [2.24, 2.45) is 0 Å². The minimum atomic E-state index is -0.995. The zero-order valence-electron chi connectivity index (χ0n) is 12.4. The summed E-state index contributed by atoms with van der Waals surface area (Å²) in [4.78, 5) is 36.0. The van der Waals surface area contributed by atoms with Gasteiger partial charge in [-0.15, -0.1) is 0 Å². The van der Waals surface area contributed by atoms with Crippen molar-refractivity contribution in [3.63, 3.8) is 0 Å². The lowest BCUT2D eigenvalue weighted by molar-refractivity contribution is -0.141. The molecule has 2 aromatic rings. The highest BCUT2D eigenvalue weighted by molar-refractivity contribution is 6.52. The molecule has 1 aliphatic rings. The van der Waals surface area contributed by atoms with E-state index in [1.165, 1.54) is 0 Å². The fraction of sp³-hybridized carbons (Fsp3) is 0.0556. The lowest BCUT2D eigenvalue weighted by Gasteiger charge is -2.19. The summed E-state index contributed by atoms with van der Waals surface area (Å²) in [6.07, 6.45) is 0. The summed E-state index contributed by atoms with van der Waals surface area (Å²) in [7, 11) is 0. The minimum absolute atomic E-state index is 0.0368. The summed E-state index contributed by atoms with van der Waals surface area (Å²) < 4.78 is 5.53. The van der Waals surface area contributed by atoms with Gasteiger partial charge in [0, 0.05) is 5.02 Å². The highest BCUT2D eigenvalue weighted by Crippen LogP contribution is 2.24. The van der Waals surface area contributed by atoms with E-state index in [0.717, 1.165) is 5.56 Å². The molecule has 1 heterocycles. The van der Waals surface area contributed by atoms with Gasteiger partial charge >= 0.3 is 5.91 Å². The van der Waals surface area contributed by atoms with Crippen molar-refractivity contribution in [3.8, 4) is 0 Å². The summed E-state index contributed by atoms with van der Waals surface area (Å²) in [5.74, 6) is -2.77. The molecule has 5 nitrogen and oxygen atoms in total. The molecule has 24 heavy (non-hydrogen) atoms. The van der Waals surface area contributed by atoms with E-state index in [0.29, 0.717) is 10.6 Å².